The van der Waals surface area contributed by atoms with E-state index in [2.05, 4.69) is 264 Å². The summed E-state index contributed by atoms with van der Waals surface area (Å²) in [6.07, 6.45) is 0. The number of para-hydroxylation sites is 4. The van der Waals surface area contributed by atoms with Gasteiger partial charge in [-0.2, -0.15) is 0 Å². The Bertz CT molecular complexity index is 3910. The van der Waals surface area contributed by atoms with Crippen LogP contribution in [0.1, 0.15) is 0 Å². The van der Waals surface area contributed by atoms with Crippen LogP contribution in [0.15, 0.2) is 271 Å². The maximum Gasteiger partial charge on any atom is 0.143 e. The predicted molar refractivity (Wildman–Crippen MR) is 290 cm³/mol. The third kappa shape index (κ3) is 7.16. The molecule has 3 nitrogen and oxygen atoms in total. The van der Waals surface area contributed by atoms with E-state index in [1.54, 1.807) is 0 Å². The number of anilines is 3. The average Bonchev–Trinajstić information content (AvgIpc) is 3.98. The van der Waals surface area contributed by atoms with Crippen LogP contribution in [0.25, 0.3) is 105 Å². The topological polar surface area (TPSA) is 21.3 Å². The third-order valence-electron chi connectivity index (χ3n) is 13.7. The van der Waals surface area contributed by atoms with Gasteiger partial charge in [0.2, 0.25) is 0 Å². The molecule has 2 aromatic heterocycles. The quantitative estimate of drug-likeness (QED) is 0.144. The zero-order valence-corrected chi connectivity index (χ0v) is 37.7. The second-order valence-corrected chi connectivity index (χ2v) is 17.7. The minimum absolute atomic E-state index is 0.899. The van der Waals surface area contributed by atoms with Gasteiger partial charge < -0.3 is 13.9 Å². The fourth-order valence-electron chi connectivity index (χ4n) is 10.2. The highest BCUT2D eigenvalue weighted by atomic mass is 16.3. The fourth-order valence-corrected chi connectivity index (χ4v) is 10.2. The molecule has 0 fully saturated rings. The molecule has 0 amide bonds. The number of fused-ring (bicyclic) bond motifs is 6. The lowest BCUT2D eigenvalue weighted by Gasteiger charge is -2.26. The number of rotatable bonds is 9. The summed E-state index contributed by atoms with van der Waals surface area (Å²) >= 11 is 0. The van der Waals surface area contributed by atoms with E-state index < -0.39 is 0 Å². The van der Waals surface area contributed by atoms with Crippen molar-refractivity contribution in [3.63, 3.8) is 0 Å². The molecule has 0 spiro atoms. The molecular formula is C66H44N2O. The van der Waals surface area contributed by atoms with Crippen LogP contribution in [0.4, 0.5) is 17.1 Å². The summed E-state index contributed by atoms with van der Waals surface area (Å²) in [5.41, 5.74) is 20.1. The number of hydrogen-bond donors (Lipinski definition) is 0. The van der Waals surface area contributed by atoms with Crippen LogP contribution in [-0.2, 0) is 0 Å². The van der Waals surface area contributed by atoms with E-state index in [1.165, 1.54) is 55.2 Å². The summed E-state index contributed by atoms with van der Waals surface area (Å²) in [4.78, 5) is 2.35. The maximum atomic E-state index is 6.47. The van der Waals surface area contributed by atoms with Crippen molar-refractivity contribution in [1.82, 2.24) is 4.57 Å². The Morgan fingerprint density at radius 2 is 0.681 bits per heavy atom. The first kappa shape index (κ1) is 40.1. The number of benzene rings is 11. The predicted octanol–water partition coefficient (Wildman–Crippen LogP) is 18.5. The van der Waals surface area contributed by atoms with E-state index in [1.807, 2.05) is 12.1 Å². The number of aromatic nitrogens is 1. The lowest BCUT2D eigenvalue weighted by molar-refractivity contribution is 0.670. The van der Waals surface area contributed by atoms with Crippen LogP contribution in [0.2, 0.25) is 0 Å². The Kier molecular flexibility index (Phi) is 9.84. The Morgan fingerprint density at radius 1 is 0.275 bits per heavy atom. The van der Waals surface area contributed by atoms with Gasteiger partial charge in [-0.3, -0.25) is 0 Å². The smallest absolute Gasteiger partial charge is 0.143 e. The monoisotopic (exact) mass is 880 g/mol. The van der Waals surface area contributed by atoms with Gasteiger partial charge in [0.05, 0.1) is 16.7 Å². The number of nitrogens with zero attached hydrogens (tertiary/aromatic N) is 2. The highest BCUT2D eigenvalue weighted by Gasteiger charge is 2.19. The van der Waals surface area contributed by atoms with Gasteiger partial charge >= 0.3 is 0 Å². The molecule has 0 aliphatic heterocycles. The molecule has 13 rings (SSSR count). The SMILES string of the molecule is c1ccc(-c2ccc(-c3ccc(N(c4ccc(-c5ccc(-c6ccccc6)cc5-n5c6ccccc6c6ccccc65)cc4)c4ccc(-c5cccc6c5oc5ccccc56)cc4)cc3)cc2)cc1. The minimum atomic E-state index is 0.899. The van der Waals surface area contributed by atoms with Crippen molar-refractivity contribution >= 4 is 60.8 Å². The summed E-state index contributed by atoms with van der Waals surface area (Å²) in [5, 5.41) is 4.74. The highest BCUT2D eigenvalue weighted by molar-refractivity contribution is 6.11. The van der Waals surface area contributed by atoms with Crippen LogP contribution in [0.5, 0.6) is 0 Å². The van der Waals surface area contributed by atoms with Gasteiger partial charge in [-0.25, -0.2) is 0 Å². The van der Waals surface area contributed by atoms with Gasteiger partial charge in [0, 0.05) is 49.7 Å². The molecular weight excluding hydrogens is 837 g/mol. The summed E-state index contributed by atoms with van der Waals surface area (Å²) in [6, 6.07) is 96.1. The standard InChI is InChI=1S/C66H44N2O/c1-3-14-45(15-4-1)47-26-28-48(29-27-47)49-30-37-53(38-31-49)67(55-41-34-51(35-42-55)57-21-13-22-61-60-20-9-12-25-65(60)69-66(57)61)54-39-32-50(33-40-54)56-43-36-52(46-16-5-2-6-17-46)44-64(56)68-62-23-10-7-18-58(62)59-19-8-11-24-63(59)68/h1-44H. The molecule has 0 saturated heterocycles. The molecule has 0 aliphatic carbocycles. The van der Waals surface area contributed by atoms with Gasteiger partial charge in [0.25, 0.3) is 0 Å². The molecule has 0 bridgehead atoms. The number of hydrogen-bond acceptors (Lipinski definition) is 2. The molecule has 3 heteroatoms. The lowest BCUT2D eigenvalue weighted by Crippen LogP contribution is -2.09. The van der Waals surface area contributed by atoms with Crippen LogP contribution in [-0.4, -0.2) is 4.57 Å². The van der Waals surface area contributed by atoms with Gasteiger partial charge in [0.15, 0.2) is 0 Å². The van der Waals surface area contributed by atoms with Crippen molar-refractivity contribution in [3.8, 4) is 61.3 Å². The molecule has 2 heterocycles. The van der Waals surface area contributed by atoms with Crippen LogP contribution >= 0.6 is 0 Å². The Morgan fingerprint density at radius 3 is 1.25 bits per heavy atom. The van der Waals surface area contributed by atoms with Crippen molar-refractivity contribution in [1.29, 1.82) is 0 Å². The van der Waals surface area contributed by atoms with Gasteiger partial charge in [0.1, 0.15) is 11.2 Å². The van der Waals surface area contributed by atoms with E-state index in [0.717, 1.165) is 66.9 Å². The van der Waals surface area contributed by atoms with Crippen molar-refractivity contribution in [3.05, 3.63) is 267 Å². The van der Waals surface area contributed by atoms with E-state index in [-0.39, 0.29) is 0 Å². The van der Waals surface area contributed by atoms with Gasteiger partial charge in [-0.05, 0) is 105 Å². The van der Waals surface area contributed by atoms with E-state index >= 15 is 0 Å². The van der Waals surface area contributed by atoms with Gasteiger partial charge in [-0.15, -0.1) is 0 Å². The molecule has 0 N–H and O–H groups in total. The first-order valence-electron chi connectivity index (χ1n) is 23.6. The zero-order chi connectivity index (χ0) is 45.7. The highest BCUT2D eigenvalue weighted by Crippen LogP contribution is 2.42. The third-order valence-corrected chi connectivity index (χ3v) is 13.7. The molecule has 0 aliphatic rings. The molecule has 0 saturated carbocycles. The van der Waals surface area contributed by atoms with E-state index in [0.29, 0.717) is 0 Å². The maximum absolute atomic E-state index is 6.47. The average molecular weight is 881 g/mol. The van der Waals surface area contributed by atoms with Crippen molar-refractivity contribution < 1.29 is 4.42 Å². The fraction of sp³-hybridized carbons (Fsp3) is 0. The Hall–Kier alpha value is -9.18. The van der Waals surface area contributed by atoms with Crippen LogP contribution < -0.4 is 4.90 Å². The van der Waals surface area contributed by atoms with Crippen molar-refractivity contribution in [2.45, 2.75) is 0 Å². The molecule has 69 heavy (non-hydrogen) atoms. The van der Waals surface area contributed by atoms with E-state index in [9.17, 15) is 0 Å². The lowest BCUT2D eigenvalue weighted by atomic mass is 9.97. The minimum Gasteiger partial charge on any atom is -0.455 e. The summed E-state index contributed by atoms with van der Waals surface area (Å²) in [6.45, 7) is 0. The molecule has 0 radical (unpaired) electrons. The molecule has 0 atom stereocenters. The van der Waals surface area contributed by atoms with Crippen molar-refractivity contribution in [2.75, 3.05) is 4.90 Å². The molecule has 11 aromatic carbocycles. The normalized spacial score (nSPS) is 11.5. The molecule has 0 unspecified atom stereocenters. The first-order chi connectivity index (χ1) is 34.2. The number of furan rings is 1. The summed E-state index contributed by atoms with van der Waals surface area (Å²) < 4.78 is 8.91. The zero-order valence-electron chi connectivity index (χ0n) is 37.7. The van der Waals surface area contributed by atoms with Crippen molar-refractivity contribution in [2.24, 2.45) is 0 Å². The summed E-state index contributed by atoms with van der Waals surface area (Å²) in [5.74, 6) is 0. The Balaban J connectivity index is 0.912. The first-order valence-corrected chi connectivity index (χ1v) is 23.6. The second kappa shape index (κ2) is 16.9. The Labute approximate surface area is 401 Å². The largest absolute Gasteiger partial charge is 0.455 e. The van der Waals surface area contributed by atoms with Gasteiger partial charge in [-0.1, -0.05) is 206 Å². The van der Waals surface area contributed by atoms with E-state index in [4.69, 9.17) is 4.42 Å². The second-order valence-electron chi connectivity index (χ2n) is 17.7. The van der Waals surface area contributed by atoms with Crippen LogP contribution in [0, 0.1) is 0 Å². The molecule has 324 valence electrons. The molecule has 13 aromatic rings. The summed E-state index contributed by atoms with van der Waals surface area (Å²) in [7, 11) is 0. The van der Waals surface area contributed by atoms with Crippen LogP contribution in [0.3, 0.4) is 0 Å².